The molecule has 2 aromatic carbocycles. The maximum absolute atomic E-state index is 13.7. The van der Waals surface area contributed by atoms with Crippen LogP contribution in [0.4, 0.5) is 8.78 Å². The number of halogens is 3. The monoisotopic (exact) mass is 539 g/mol. The Kier molecular flexibility index (Phi) is 10.3. The van der Waals surface area contributed by atoms with E-state index in [1.807, 2.05) is 6.92 Å². The number of guanidine groups is 1. The minimum Gasteiger partial charge on any atom is -0.492 e. The van der Waals surface area contributed by atoms with E-state index in [2.05, 4.69) is 15.6 Å². The molecule has 2 rings (SSSR count). The molecule has 0 bridgehead atoms. The van der Waals surface area contributed by atoms with Gasteiger partial charge < -0.3 is 15.4 Å². The van der Waals surface area contributed by atoms with Crippen molar-refractivity contribution in [2.24, 2.45) is 4.99 Å². The first-order valence-corrected chi connectivity index (χ1v) is 10.6. The molecule has 0 amide bonds. The van der Waals surface area contributed by atoms with Crippen molar-refractivity contribution in [2.75, 3.05) is 26.0 Å². The average Bonchev–Trinajstić information content (AvgIpc) is 2.65. The third kappa shape index (κ3) is 8.52. The minimum absolute atomic E-state index is 0. The van der Waals surface area contributed by atoms with E-state index >= 15 is 0 Å². The molecule has 0 aliphatic heterocycles. The maximum atomic E-state index is 13.7. The summed E-state index contributed by atoms with van der Waals surface area (Å²) in [5, 5.41) is 6.04. The number of aliphatic imine (C=N–C) groups is 1. The summed E-state index contributed by atoms with van der Waals surface area (Å²) in [6.07, 6.45) is 1.14. The van der Waals surface area contributed by atoms with Gasteiger partial charge in [0.15, 0.2) is 15.8 Å². The second-order valence-corrected chi connectivity index (χ2v) is 7.97. The Morgan fingerprint density at radius 1 is 1.10 bits per heavy atom. The van der Waals surface area contributed by atoms with Gasteiger partial charge in [-0.3, -0.25) is 0 Å². The molecule has 6 nitrogen and oxygen atoms in total. The zero-order chi connectivity index (χ0) is 20.6. The van der Waals surface area contributed by atoms with E-state index in [4.69, 9.17) is 4.74 Å². The Morgan fingerprint density at radius 3 is 2.41 bits per heavy atom. The molecule has 29 heavy (non-hydrogen) atoms. The van der Waals surface area contributed by atoms with Crippen LogP contribution in [-0.4, -0.2) is 40.3 Å². The average molecular weight is 539 g/mol. The molecule has 0 aliphatic rings. The molecule has 0 unspecified atom stereocenters. The van der Waals surface area contributed by atoms with Crippen LogP contribution < -0.4 is 15.4 Å². The van der Waals surface area contributed by atoms with E-state index < -0.39 is 21.5 Å². The summed E-state index contributed by atoms with van der Waals surface area (Å²) >= 11 is 0. The van der Waals surface area contributed by atoms with Crippen LogP contribution in [-0.2, 0) is 16.4 Å². The Morgan fingerprint density at radius 2 is 1.79 bits per heavy atom. The lowest BCUT2D eigenvalue weighted by atomic mass is 10.2. The first-order chi connectivity index (χ1) is 13.3. The zero-order valence-corrected chi connectivity index (χ0v) is 19.3. The molecular formula is C19H24F2IN3O3S. The van der Waals surface area contributed by atoms with Crippen molar-refractivity contribution in [3.63, 3.8) is 0 Å². The molecule has 0 heterocycles. The standard InChI is InChI=1S/C19H23F2N3O3S.HI/c1-3-22-19(24-13-14-12-15(20)4-9-18(14)21)23-10-11-27-16-5-7-17(8-6-16)28(2,25)26;/h4-9,12H,3,10-11,13H2,1-2H3,(H2,22,23,24);1H. The number of benzene rings is 2. The summed E-state index contributed by atoms with van der Waals surface area (Å²) in [4.78, 5) is 4.46. The largest absolute Gasteiger partial charge is 0.492 e. The number of hydrogen-bond acceptors (Lipinski definition) is 4. The predicted octanol–water partition coefficient (Wildman–Crippen LogP) is 3.12. The molecule has 0 aliphatic carbocycles. The van der Waals surface area contributed by atoms with Crippen LogP contribution in [0.15, 0.2) is 52.4 Å². The van der Waals surface area contributed by atoms with Crippen molar-refractivity contribution in [3.05, 3.63) is 59.7 Å². The number of nitrogens with zero attached hydrogens (tertiary/aromatic N) is 1. The molecule has 0 fully saturated rings. The number of sulfone groups is 1. The highest BCUT2D eigenvalue weighted by Gasteiger charge is 2.07. The van der Waals surface area contributed by atoms with E-state index in [-0.39, 0.29) is 41.0 Å². The normalized spacial score (nSPS) is 11.5. The zero-order valence-electron chi connectivity index (χ0n) is 16.1. The molecule has 0 aromatic heterocycles. The van der Waals surface area contributed by atoms with Crippen molar-refractivity contribution < 1.29 is 21.9 Å². The van der Waals surface area contributed by atoms with Crippen LogP contribution in [0, 0.1) is 11.6 Å². The SMILES string of the molecule is CCNC(=NCc1cc(F)ccc1F)NCCOc1ccc(S(C)(=O)=O)cc1.I. The van der Waals surface area contributed by atoms with E-state index in [0.29, 0.717) is 31.4 Å². The van der Waals surface area contributed by atoms with Crippen molar-refractivity contribution in [3.8, 4) is 5.75 Å². The topological polar surface area (TPSA) is 79.8 Å². The lowest BCUT2D eigenvalue weighted by Gasteiger charge is -2.12. The van der Waals surface area contributed by atoms with Crippen LogP contribution in [0.1, 0.15) is 12.5 Å². The molecule has 0 radical (unpaired) electrons. The predicted molar refractivity (Wildman–Crippen MR) is 120 cm³/mol. The molecule has 160 valence electrons. The second kappa shape index (κ2) is 11.9. The Labute approximate surface area is 186 Å². The smallest absolute Gasteiger partial charge is 0.191 e. The molecular weight excluding hydrogens is 515 g/mol. The summed E-state index contributed by atoms with van der Waals surface area (Å²) in [6.45, 7) is 3.19. The van der Waals surface area contributed by atoms with Crippen LogP contribution in [0.25, 0.3) is 0 Å². The van der Waals surface area contributed by atoms with Crippen molar-refractivity contribution in [1.29, 1.82) is 0 Å². The highest BCUT2D eigenvalue weighted by molar-refractivity contribution is 14.0. The quantitative estimate of drug-likeness (QED) is 0.233. The van der Waals surface area contributed by atoms with Gasteiger partial charge in [-0.1, -0.05) is 0 Å². The van der Waals surface area contributed by atoms with Gasteiger partial charge in [-0.2, -0.15) is 0 Å². The molecule has 0 saturated heterocycles. The highest BCUT2D eigenvalue weighted by Crippen LogP contribution is 2.15. The third-order valence-electron chi connectivity index (χ3n) is 3.67. The van der Waals surface area contributed by atoms with Crippen molar-refractivity contribution >= 4 is 39.8 Å². The first-order valence-electron chi connectivity index (χ1n) is 8.68. The Hall–Kier alpha value is -1.95. The second-order valence-electron chi connectivity index (χ2n) is 5.95. The van der Waals surface area contributed by atoms with E-state index in [0.717, 1.165) is 24.5 Å². The third-order valence-corrected chi connectivity index (χ3v) is 4.80. The number of rotatable bonds is 8. The summed E-state index contributed by atoms with van der Waals surface area (Å²) < 4.78 is 55.3. The molecule has 10 heteroatoms. The van der Waals surface area contributed by atoms with Gasteiger partial charge in [0.25, 0.3) is 0 Å². The Balaban J connectivity index is 0.00000420. The van der Waals surface area contributed by atoms with E-state index in [1.165, 1.54) is 12.1 Å². The number of nitrogens with one attached hydrogen (secondary N) is 2. The maximum Gasteiger partial charge on any atom is 0.191 e. The summed E-state index contributed by atoms with van der Waals surface area (Å²) in [5.41, 5.74) is 0.166. The minimum atomic E-state index is -3.24. The number of hydrogen-bond donors (Lipinski definition) is 2. The fraction of sp³-hybridized carbons (Fsp3) is 0.316. The van der Waals surface area contributed by atoms with Crippen molar-refractivity contribution in [1.82, 2.24) is 10.6 Å². The molecule has 2 aromatic rings. The van der Waals surface area contributed by atoms with Gasteiger partial charge in [0.1, 0.15) is 24.0 Å². The van der Waals surface area contributed by atoms with Gasteiger partial charge in [-0.15, -0.1) is 24.0 Å². The lowest BCUT2D eigenvalue weighted by Crippen LogP contribution is -2.39. The van der Waals surface area contributed by atoms with Gasteiger partial charge in [-0.25, -0.2) is 22.2 Å². The highest BCUT2D eigenvalue weighted by atomic mass is 127. The molecule has 2 N–H and O–H groups in total. The fourth-order valence-corrected chi connectivity index (χ4v) is 2.92. The van der Waals surface area contributed by atoms with E-state index in [1.54, 1.807) is 12.1 Å². The van der Waals surface area contributed by atoms with Crippen LogP contribution in [0.5, 0.6) is 5.75 Å². The van der Waals surface area contributed by atoms with Gasteiger partial charge in [-0.05, 0) is 49.4 Å². The van der Waals surface area contributed by atoms with Gasteiger partial charge in [0.2, 0.25) is 0 Å². The lowest BCUT2D eigenvalue weighted by molar-refractivity contribution is 0.321. The van der Waals surface area contributed by atoms with Crippen LogP contribution in [0.3, 0.4) is 0 Å². The van der Waals surface area contributed by atoms with Crippen LogP contribution >= 0.6 is 24.0 Å². The van der Waals surface area contributed by atoms with E-state index in [9.17, 15) is 17.2 Å². The fourth-order valence-electron chi connectivity index (χ4n) is 2.29. The molecule has 0 spiro atoms. The number of ether oxygens (including phenoxy) is 1. The summed E-state index contributed by atoms with van der Waals surface area (Å²) in [7, 11) is -3.24. The van der Waals surface area contributed by atoms with Gasteiger partial charge in [0.05, 0.1) is 18.0 Å². The summed E-state index contributed by atoms with van der Waals surface area (Å²) in [6, 6.07) is 9.39. The van der Waals surface area contributed by atoms with Crippen molar-refractivity contribution in [2.45, 2.75) is 18.4 Å². The van der Waals surface area contributed by atoms with Crippen LogP contribution in [0.2, 0.25) is 0 Å². The first kappa shape index (κ1) is 25.1. The molecule has 0 atom stereocenters. The Bertz CT molecular complexity index is 923. The van der Waals surface area contributed by atoms with Gasteiger partial charge in [0, 0.05) is 18.4 Å². The summed E-state index contributed by atoms with van der Waals surface area (Å²) in [5.74, 6) is -0.0399. The van der Waals surface area contributed by atoms with Gasteiger partial charge >= 0.3 is 0 Å². The molecule has 0 saturated carbocycles.